The average Bonchev–Trinajstić information content (AvgIpc) is 2.92. The van der Waals surface area contributed by atoms with E-state index in [9.17, 15) is 4.79 Å². The summed E-state index contributed by atoms with van der Waals surface area (Å²) in [6.45, 7) is 0. The quantitative estimate of drug-likeness (QED) is 0.807. The van der Waals surface area contributed by atoms with Crippen molar-refractivity contribution in [1.29, 1.82) is 0 Å². The van der Waals surface area contributed by atoms with Crippen molar-refractivity contribution >= 4 is 34.6 Å². The molecule has 0 aliphatic carbocycles. The van der Waals surface area contributed by atoms with Gasteiger partial charge in [-0.1, -0.05) is 42.1 Å². The molecular formula is C18H16N2O2S. The molecule has 1 amide bonds. The number of nitrogens with zero attached hydrogens (tertiary/aromatic N) is 2. The van der Waals surface area contributed by atoms with Gasteiger partial charge in [0.1, 0.15) is 11.4 Å². The zero-order valence-electron chi connectivity index (χ0n) is 12.9. The van der Waals surface area contributed by atoms with E-state index in [4.69, 9.17) is 4.74 Å². The first-order valence-corrected chi connectivity index (χ1v) is 8.33. The SMILES string of the molecule is COc1ccc(/C=C2\N=C(SC)N(c3ccccc3)C2=O)cc1. The second-order valence-electron chi connectivity index (χ2n) is 4.88. The molecule has 2 aromatic rings. The maximum Gasteiger partial charge on any atom is 0.283 e. The number of hydrogen-bond acceptors (Lipinski definition) is 4. The van der Waals surface area contributed by atoms with Crippen LogP contribution in [0.1, 0.15) is 5.56 Å². The molecule has 0 saturated carbocycles. The Balaban J connectivity index is 1.93. The third kappa shape index (κ3) is 3.14. The van der Waals surface area contributed by atoms with E-state index in [1.54, 1.807) is 18.1 Å². The largest absolute Gasteiger partial charge is 0.497 e. The molecule has 0 fully saturated rings. The van der Waals surface area contributed by atoms with Gasteiger partial charge in [-0.3, -0.25) is 9.69 Å². The molecule has 1 heterocycles. The van der Waals surface area contributed by atoms with Crippen LogP contribution >= 0.6 is 11.8 Å². The van der Waals surface area contributed by atoms with Gasteiger partial charge in [0.15, 0.2) is 5.17 Å². The molecule has 0 radical (unpaired) electrons. The summed E-state index contributed by atoms with van der Waals surface area (Å²) in [6, 6.07) is 17.1. The van der Waals surface area contributed by atoms with Gasteiger partial charge in [-0.05, 0) is 42.2 Å². The van der Waals surface area contributed by atoms with Crippen LogP contribution in [0.25, 0.3) is 6.08 Å². The highest BCUT2D eigenvalue weighted by atomic mass is 32.2. The molecule has 0 bridgehead atoms. The molecule has 0 N–H and O–H groups in total. The number of carbonyl (C=O) groups is 1. The molecular weight excluding hydrogens is 308 g/mol. The molecule has 0 saturated heterocycles. The van der Waals surface area contributed by atoms with Gasteiger partial charge < -0.3 is 4.74 Å². The van der Waals surface area contributed by atoms with E-state index in [1.165, 1.54) is 11.8 Å². The van der Waals surface area contributed by atoms with Crippen LogP contribution < -0.4 is 9.64 Å². The van der Waals surface area contributed by atoms with Gasteiger partial charge in [-0.25, -0.2) is 4.99 Å². The first-order valence-electron chi connectivity index (χ1n) is 7.11. The molecule has 4 nitrogen and oxygen atoms in total. The Hall–Kier alpha value is -2.53. The summed E-state index contributed by atoms with van der Waals surface area (Å²) < 4.78 is 5.14. The minimum absolute atomic E-state index is 0.114. The van der Waals surface area contributed by atoms with E-state index < -0.39 is 0 Å². The fourth-order valence-corrected chi connectivity index (χ4v) is 2.86. The van der Waals surface area contributed by atoms with Crippen molar-refractivity contribution < 1.29 is 9.53 Å². The molecule has 0 unspecified atom stereocenters. The van der Waals surface area contributed by atoms with Crippen LogP contribution in [-0.2, 0) is 4.79 Å². The van der Waals surface area contributed by atoms with Crippen LogP contribution in [0.2, 0.25) is 0 Å². The van der Waals surface area contributed by atoms with E-state index in [2.05, 4.69) is 4.99 Å². The molecule has 3 rings (SSSR count). The minimum Gasteiger partial charge on any atom is -0.497 e. The Bertz CT molecular complexity index is 767. The van der Waals surface area contributed by atoms with Gasteiger partial charge in [0.25, 0.3) is 5.91 Å². The lowest BCUT2D eigenvalue weighted by Gasteiger charge is -2.16. The fourth-order valence-electron chi connectivity index (χ4n) is 2.30. The summed E-state index contributed by atoms with van der Waals surface area (Å²) in [5.74, 6) is 0.667. The second-order valence-corrected chi connectivity index (χ2v) is 5.65. The Morgan fingerprint density at radius 2 is 1.78 bits per heavy atom. The van der Waals surface area contributed by atoms with Crippen molar-refractivity contribution in [3.05, 3.63) is 65.9 Å². The minimum atomic E-state index is -0.114. The van der Waals surface area contributed by atoms with E-state index in [0.717, 1.165) is 17.0 Å². The van der Waals surface area contributed by atoms with Crippen LogP contribution in [0.3, 0.4) is 0 Å². The van der Waals surface area contributed by atoms with Gasteiger partial charge in [0, 0.05) is 0 Å². The average molecular weight is 324 g/mol. The van der Waals surface area contributed by atoms with Crippen LogP contribution in [0.5, 0.6) is 5.75 Å². The van der Waals surface area contributed by atoms with Gasteiger partial charge >= 0.3 is 0 Å². The number of benzene rings is 2. The summed E-state index contributed by atoms with van der Waals surface area (Å²) in [5.41, 5.74) is 2.17. The highest BCUT2D eigenvalue weighted by Crippen LogP contribution is 2.28. The predicted molar refractivity (Wildman–Crippen MR) is 95.8 cm³/mol. The lowest BCUT2D eigenvalue weighted by molar-refractivity contribution is -0.113. The van der Waals surface area contributed by atoms with Crippen molar-refractivity contribution in [2.75, 3.05) is 18.3 Å². The highest BCUT2D eigenvalue weighted by molar-refractivity contribution is 8.13. The number of aliphatic imine (C=N–C) groups is 1. The molecule has 0 aromatic heterocycles. The van der Waals surface area contributed by atoms with E-state index in [1.807, 2.05) is 60.9 Å². The Morgan fingerprint density at radius 1 is 1.09 bits per heavy atom. The summed E-state index contributed by atoms with van der Waals surface area (Å²) in [5, 5.41) is 0.681. The van der Waals surface area contributed by atoms with Crippen molar-refractivity contribution in [3.63, 3.8) is 0 Å². The van der Waals surface area contributed by atoms with E-state index in [-0.39, 0.29) is 5.91 Å². The number of ether oxygens (including phenoxy) is 1. The molecule has 5 heteroatoms. The molecule has 1 aliphatic heterocycles. The van der Waals surface area contributed by atoms with E-state index >= 15 is 0 Å². The number of rotatable bonds is 3. The van der Waals surface area contributed by atoms with Gasteiger partial charge in [0.05, 0.1) is 12.8 Å². The first kappa shape index (κ1) is 15.4. The lowest BCUT2D eigenvalue weighted by atomic mass is 10.2. The maximum absolute atomic E-state index is 12.7. The van der Waals surface area contributed by atoms with Crippen LogP contribution in [-0.4, -0.2) is 24.4 Å². The number of anilines is 1. The number of hydrogen-bond donors (Lipinski definition) is 0. The molecule has 116 valence electrons. The standard InChI is InChI=1S/C18H16N2O2S/c1-22-15-10-8-13(9-11-15)12-16-17(21)20(18(19-16)23-2)14-6-4-3-5-7-14/h3-12H,1-2H3/b16-12-. The zero-order valence-corrected chi connectivity index (χ0v) is 13.7. The van der Waals surface area contributed by atoms with Crippen molar-refractivity contribution in [2.45, 2.75) is 0 Å². The normalized spacial score (nSPS) is 15.9. The Kier molecular flexibility index (Phi) is 4.48. The number of para-hydroxylation sites is 1. The van der Waals surface area contributed by atoms with Crippen LogP contribution in [0.15, 0.2) is 65.3 Å². The molecule has 0 spiro atoms. The lowest BCUT2D eigenvalue weighted by Crippen LogP contribution is -2.29. The number of thioether (sulfide) groups is 1. The summed E-state index contributed by atoms with van der Waals surface area (Å²) >= 11 is 1.45. The van der Waals surface area contributed by atoms with Gasteiger partial charge in [0.2, 0.25) is 0 Å². The third-order valence-electron chi connectivity index (χ3n) is 3.45. The van der Waals surface area contributed by atoms with E-state index in [0.29, 0.717) is 10.9 Å². The zero-order chi connectivity index (χ0) is 16.2. The molecule has 1 aliphatic rings. The van der Waals surface area contributed by atoms with Crippen molar-refractivity contribution in [2.24, 2.45) is 4.99 Å². The van der Waals surface area contributed by atoms with Gasteiger partial charge in [-0.2, -0.15) is 0 Å². The molecule has 23 heavy (non-hydrogen) atoms. The number of carbonyl (C=O) groups excluding carboxylic acids is 1. The highest BCUT2D eigenvalue weighted by Gasteiger charge is 2.30. The second kappa shape index (κ2) is 6.71. The maximum atomic E-state index is 12.7. The van der Waals surface area contributed by atoms with Crippen LogP contribution in [0.4, 0.5) is 5.69 Å². The first-order chi connectivity index (χ1) is 11.2. The Morgan fingerprint density at radius 3 is 2.39 bits per heavy atom. The van der Waals surface area contributed by atoms with Crippen molar-refractivity contribution in [1.82, 2.24) is 0 Å². The van der Waals surface area contributed by atoms with Crippen molar-refractivity contribution in [3.8, 4) is 5.75 Å². The third-order valence-corrected chi connectivity index (χ3v) is 4.08. The molecule has 0 atom stereocenters. The smallest absolute Gasteiger partial charge is 0.283 e. The predicted octanol–water partition coefficient (Wildman–Crippen LogP) is 3.80. The molecule has 2 aromatic carbocycles. The summed E-state index contributed by atoms with van der Waals surface area (Å²) in [6.07, 6.45) is 3.71. The topological polar surface area (TPSA) is 41.9 Å². The fraction of sp³-hybridized carbons (Fsp3) is 0.111. The summed E-state index contributed by atoms with van der Waals surface area (Å²) in [7, 11) is 1.63. The number of amides is 1. The monoisotopic (exact) mass is 324 g/mol. The number of methoxy groups -OCH3 is 1. The van der Waals surface area contributed by atoms with Gasteiger partial charge in [-0.15, -0.1) is 0 Å². The Labute approximate surface area is 139 Å². The summed E-state index contributed by atoms with van der Waals surface area (Å²) in [4.78, 5) is 18.8. The van der Waals surface area contributed by atoms with Crippen LogP contribution in [0, 0.1) is 0 Å². The number of amidine groups is 1.